The van der Waals surface area contributed by atoms with E-state index in [2.05, 4.69) is 13.0 Å². The molecule has 3 rings (SSSR count). The van der Waals surface area contributed by atoms with Crippen LogP contribution in [0.5, 0.6) is 0 Å². The van der Waals surface area contributed by atoms with Crippen LogP contribution in [0, 0.1) is 23.7 Å². The maximum absolute atomic E-state index is 12.1. The van der Waals surface area contributed by atoms with Crippen LogP contribution in [0.2, 0.25) is 0 Å². The molecule has 1 aliphatic heterocycles. The molecule has 5 heteroatoms. The average Bonchev–Trinajstić information content (AvgIpc) is 3.41. The highest BCUT2D eigenvalue weighted by molar-refractivity contribution is 7.99. The molecule has 3 aliphatic rings. The number of rotatable bonds is 11. The number of hydrogen-bond acceptors (Lipinski definition) is 4. The van der Waals surface area contributed by atoms with E-state index in [0.29, 0.717) is 23.5 Å². The van der Waals surface area contributed by atoms with Gasteiger partial charge in [0, 0.05) is 19.0 Å². The highest BCUT2D eigenvalue weighted by atomic mass is 32.2. The molecule has 2 N–H and O–H groups in total. The summed E-state index contributed by atoms with van der Waals surface area (Å²) in [6.45, 7) is 4.09. The lowest BCUT2D eigenvalue weighted by Crippen LogP contribution is -2.29. The van der Waals surface area contributed by atoms with E-state index < -0.39 is 0 Å². The molecule has 4 nitrogen and oxygen atoms in total. The maximum Gasteiger partial charge on any atom is 0.232 e. The van der Waals surface area contributed by atoms with Crippen molar-refractivity contribution in [3.8, 4) is 0 Å². The lowest BCUT2D eigenvalue weighted by Gasteiger charge is -2.19. The van der Waals surface area contributed by atoms with Gasteiger partial charge in [0.2, 0.25) is 5.91 Å². The normalized spacial score (nSPS) is 32.9. The summed E-state index contributed by atoms with van der Waals surface area (Å²) in [5.74, 6) is 4.19. The Labute approximate surface area is 181 Å². The van der Waals surface area contributed by atoms with E-state index >= 15 is 0 Å². The summed E-state index contributed by atoms with van der Waals surface area (Å²) in [7, 11) is 0. The third kappa shape index (κ3) is 6.73. The molecular formula is C24H41NO3S. The number of fused-ring (bicyclic) bond motifs is 1. The number of carbonyl (C=O) groups is 1. The SMILES string of the molecule is CCCCCC(O)C=C[C@H]1[C@@H]2CC(CCSCC(=O)N3CCCC3)C[C@H]2C[C@@H]1O. The molecule has 166 valence electrons. The highest BCUT2D eigenvalue weighted by Gasteiger charge is 2.46. The monoisotopic (exact) mass is 423 g/mol. The molecule has 0 aromatic carbocycles. The third-order valence-corrected chi connectivity index (χ3v) is 8.32. The van der Waals surface area contributed by atoms with Crippen molar-refractivity contribution in [1.82, 2.24) is 4.90 Å². The molecule has 1 amide bonds. The van der Waals surface area contributed by atoms with Crippen molar-refractivity contribution in [3.05, 3.63) is 12.2 Å². The van der Waals surface area contributed by atoms with Crippen molar-refractivity contribution in [2.24, 2.45) is 23.7 Å². The number of nitrogens with zero attached hydrogens (tertiary/aromatic N) is 1. The molecule has 3 fully saturated rings. The largest absolute Gasteiger partial charge is 0.392 e. The number of aliphatic hydroxyl groups excluding tert-OH is 2. The van der Waals surface area contributed by atoms with Crippen LogP contribution in [0.4, 0.5) is 0 Å². The number of amides is 1. The van der Waals surface area contributed by atoms with E-state index in [4.69, 9.17) is 0 Å². The first-order chi connectivity index (χ1) is 14.1. The predicted octanol–water partition coefficient (Wildman–Crippen LogP) is 4.25. The van der Waals surface area contributed by atoms with Gasteiger partial charge in [-0.25, -0.2) is 0 Å². The Morgan fingerprint density at radius 2 is 2.00 bits per heavy atom. The molecule has 0 bridgehead atoms. The zero-order chi connectivity index (χ0) is 20.6. The lowest BCUT2D eigenvalue weighted by atomic mass is 9.89. The van der Waals surface area contributed by atoms with Crippen LogP contribution in [0.15, 0.2) is 12.2 Å². The van der Waals surface area contributed by atoms with Gasteiger partial charge in [-0.05, 0) is 68.5 Å². The molecule has 6 atom stereocenters. The molecule has 2 unspecified atom stereocenters. The van der Waals surface area contributed by atoms with Gasteiger partial charge >= 0.3 is 0 Å². The third-order valence-electron chi connectivity index (χ3n) is 7.34. The Kier molecular flexibility index (Phi) is 9.39. The van der Waals surface area contributed by atoms with Crippen LogP contribution in [-0.4, -0.2) is 57.8 Å². The summed E-state index contributed by atoms with van der Waals surface area (Å²) in [5, 5.41) is 20.7. The average molecular weight is 424 g/mol. The van der Waals surface area contributed by atoms with E-state index in [1.165, 1.54) is 44.9 Å². The molecule has 0 aromatic rings. The maximum atomic E-state index is 12.1. The second-order valence-corrected chi connectivity index (χ2v) is 10.6. The van der Waals surface area contributed by atoms with Crippen molar-refractivity contribution in [2.75, 3.05) is 24.6 Å². The summed E-state index contributed by atoms with van der Waals surface area (Å²) in [6, 6.07) is 0. The van der Waals surface area contributed by atoms with Gasteiger partial charge in [-0.1, -0.05) is 38.3 Å². The van der Waals surface area contributed by atoms with E-state index in [9.17, 15) is 15.0 Å². The minimum absolute atomic E-state index is 0.218. The van der Waals surface area contributed by atoms with Gasteiger partial charge in [-0.2, -0.15) is 11.8 Å². The molecule has 29 heavy (non-hydrogen) atoms. The number of likely N-dealkylation sites (tertiary alicyclic amines) is 1. The van der Waals surface area contributed by atoms with E-state index in [0.717, 1.165) is 44.0 Å². The molecular weight excluding hydrogens is 382 g/mol. The standard InChI is InChI=1S/C24H41NO3S/c1-2-3-4-7-20(26)8-9-21-22-15-18(14-19(22)16-23(21)27)10-13-29-17-24(28)25-11-5-6-12-25/h8-9,18-23,26-27H,2-7,10-17H2,1H3/t18?,19-,20?,21-,22+,23-/m0/s1. The van der Waals surface area contributed by atoms with Crippen LogP contribution >= 0.6 is 11.8 Å². The minimum Gasteiger partial charge on any atom is -0.392 e. The highest BCUT2D eigenvalue weighted by Crippen LogP contribution is 2.51. The first-order valence-electron chi connectivity index (χ1n) is 12.0. The van der Waals surface area contributed by atoms with E-state index in [1.807, 2.05) is 11.0 Å². The van der Waals surface area contributed by atoms with Crippen LogP contribution in [0.25, 0.3) is 0 Å². The zero-order valence-corrected chi connectivity index (χ0v) is 19.0. The summed E-state index contributed by atoms with van der Waals surface area (Å²) >= 11 is 1.80. The van der Waals surface area contributed by atoms with Gasteiger partial charge in [0.1, 0.15) is 0 Å². The smallest absolute Gasteiger partial charge is 0.232 e. The molecule has 0 aromatic heterocycles. The fourth-order valence-electron chi connectivity index (χ4n) is 5.70. The van der Waals surface area contributed by atoms with Crippen molar-refractivity contribution in [3.63, 3.8) is 0 Å². The Hall–Kier alpha value is -0.520. The molecule has 0 radical (unpaired) electrons. The number of carbonyl (C=O) groups excluding carboxylic acids is 1. The van der Waals surface area contributed by atoms with Gasteiger partial charge in [-0.3, -0.25) is 4.79 Å². The Morgan fingerprint density at radius 3 is 2.76 bits per heavy atom. The first-order valence-corrected chi connectivity index (χ1v) is 13.1. The van der Waals surface area contributed by atoms with Crippen molar-refractivity contribution in [1.29, 1.82) is 0 Å². The van der Waals surface area contributed by atoms with Crippen LogP contribution in [-0.2, 0) is 4.79 Å². The minimum atomic E-state index is -0.366. The molecule has 1 heterocycles. The quantitative estimate of drug-likeness (QED) is 0.385. The first kappa shape index (κ1) is 23.1. The second kappa shape index (κ2) is 11.8. The number of thioether (sulfide) groups is 1. The number of unbranched alkanes of at least 4 members (excludes halogenated alkanes) is 2. The molecule has 1 saturated heterocycles. The molecule has 0 spiro atoms. The van der Waals surface area contributed by atoms with E-state index in [1.54, 1.807) is 11.8 Å². The van der Waals surface area contributed by atoms with Gasteiger partial charge in [0.05, 0.1) is 18.0 Å². The Morgan fingerprint density at radius 1 is 1.21 bits per heavy atom. The van der Waals surface area contributed by atoms with Gasteiger partial charge in [0.15, 0.2) is 0 Å². The topological polar surface area (TPSA) is 60.8 Å². The predicted molar refractivity (Wildman–Crippen MR) is 121 cm³/mol. The fraction of sp³-hybridized carbons (Fsp3) is 0.875. The van der Waals surface area contributed by atoms with E-state index in [-0.39, 0.29) is 18.1 Å². The fourth-order valence-corrected chi connectivity index (χ4v) is 6.70. The number of aliphatic hydroxyl groups is 2. The van der Waals surface area contributed by atoms with Gasteiger partial charge in [-0.15, -0.1) is 0 Å². The van der Waals surface area contributed by atoms with Crippen molar-refractivity contribution >= 4 is 17.7 Å². The summed E-state index contributed by atoms with van der Waals surface area (Å²) in [4.78, 5) is 14.2. The summed E-state index contributed by atoms with van der Waals surface area (Å²) < 4.78 is 0. The van der Waals surface area contributed by atoms with Crippen LogP contribution in [0.1, 0.15) is 71.1 Å². The molecule has 2 aliphatic carbocycles. The Bertz CT molecular complexity index is 534. The Balaban J connectivity index is 1.36. The van der Waals surface area contributed by atoms with Crippen LogP contribution < -0.4 is 0 Å². The lowest BCUT2D eigenvalue weighted by molar-refractivity contribution is -0.127. The second-order valence-electron chi connectivity index (χ2n) is 9.52. The number of hydrogen-bond donors (Lipinski definition) is 2. The van der Waals surface area contributed by atoms with Crippen LogP contribution in [0.3, 0.4) is 0 Å². The zero-order valence-electron chi connectivity index (χ0n) is 18.2. The van der Waals surface area contributed by atoms with Crippen molar-refractivity contribution < 1.29 is 15.0 Å². The summed E-state index contributed by atoms with van der Waals surface area (Å²) in [5.41, 5.74) is 0. The van der Waals surface area contributed by atoms with Gasteiger partial charge < -0.3 is 15.1 Å². The van der Waals surface area contributed by atoms with Crippen molar-refractivity contribution in [2.45, 2.75) is 83.3 Å². The molecule has 2 saturated carbocycles. The van der Waals surface area contributed by atoms with Gasteiger partial charge in [0.25, 0.3) is 0 Å². The summed E-state index contributed by atoms with van der Waals surface area (Å²) in [6.07, 6.45) is 14.6.